The maximum Gasteiger partial charge on any atom is 0.338 e. The largest absolute Gasteiger partial charge is 0.478 e. The molecule has 1 rings (SSSR count). The number of benzene rings is 1. The molecule has 1 aromatic carbocycles. The summed E-state index contributed by atoms with van der Waals surface area (Å²) in [5, 5.41) is 11.1. The third-order valence-corrected chi connectivity index (χ3v) is 1.93. The molecule has 16 heavy (non-hydrogen) atoms. The Kier molecular flexibility index (Phi) is 3.46. The van der Waals surface area contributed by atoms with Crippen molar-refractivity contribution < 1.29 is 18.7 Å². The molecule has 0 saturated carbocycles. The van der Waals surface area contributed by atoms with E-state index in [2.05, 4.69) is 11.2 Å². The predicted octanol–water partition coefficient (Wildman–Crippen LogP) is 2.10. The topological polar surface area (TPSA) is 49.3 Å². The fraction of sp³-hybridized carbons (Fsp3) is 0.182. The zero-order chi connectivity index (χ0) is 12.3. The highest BCUT2D eigenvalue weighted by Crippen LogP contribution is 2.21. The van der Waals surface area contributed by atoms with Crippen LogP contribution in [0.1, 0.15) is 17.3 Å². The lowest BCUT2D eigenvalue weighted by atomic mass is 10.1. The van der Waals surface area contributed by atoms with Crippen molar-refractivity contribution in [2.75, 3.05) is 5.32 Å². The Morgan fingerprint density at radius 1 is 1.50 bits per heavy atom. The van der Waals surface area contributed by atoms with Crippen LogP contribution in [-0.2, 0) is 0 Å². The van der Waals surface area contributed by atoms with E-state index < -0.39 is 29.2 Å². The average molecular weight is 225 g/mol. The molecule has 1 atom stereocenters. The normalized spacial score (nSPS) is 11.6. The van der Waals surface area contributed by atoms with Crippen molar-refractivity contribution in [1.82, 2.24) is 0 Å². The molecule has 0 aromatic heterocycles. The Hall–Kier alpha value is -2.09. The minimum Gasteiger partial charge on any atom is -0.478 e. The van der Waals surface area contributed by atoms with Crippen LogP contribution in [0.25, 0.3) is 0 Å². The molecule has 0 aliphatic carbocycles. The standard InChI is InChI=1S/C11H9F2NO2/c1-3-6(2)14-8-5-4-7(11(15)16)9(12)10(8)13/h1,4-6,14H,2H3,(H,15,16). The lowest BCUT2D eigenvalue weighted by Gasteiger charge is -2.11. The third kappa shape index (κ3) is 2.28. The van der Waals surface area contributed by atoms with Crippen molar-refractivity contribution in [3.63, 3.8) is 0 Å². The lowest BCUT2D eigenvalue weighted by Crippen LogP contribution is -2.15. The van der Waals surface area contributed by atoms with E-state index in [1.54, 1.807) is 6.92 Å². The molecule has 0 spiro atoms. The third-order valence-electron chi connectivity index (χ3n) is 1.93. The second kappa shape index (κ2) is 4.62. The van der Waals surface area contributed by atoms with Crippen molar-refractivity contribution in [3.05, 3.63) is 29.3 Å². The second-order valence-corrected chi connectivity index (χ2v) is 3.13. The van der Waals surface area contributed by atoms with Gasteiger partial charge in [0, 0.05) is 0 Å². The van der Waals surface area contributed by atoms with E-state index in [0.717, 1.165) is 12.1 Å². The number of nitrogens with one attached hydrogen (secondary N) is 1. The maximum atomic E-state index is 13.3. The second-order valence-electron chi connectivity index (χ2n) is 3.13. The molecule has 2 N–H and O–H groups in total. The van der Waals surface area contributed by atoms with Crippen molar-refractivity contribution in [2.45, 2.75) is 13.0 Å². The molecule has 0 aliphatic heterocycles. The molecular weight excluding hydrogens is 216 g/mol. The Bertz CT molecular complexity index is 466. The van der Waals surface area contributed by atoms with Gasteiger partial charge in [-0.3, -0.25) is 0 Å². The van der Waals surface area contributed by atoms with Gasteiger partial charge in [0.05, 0.1) is 17.3 Å². The SMILES string of the molecule is C#CC(C)Nc1ccc(C(=O)O)c(F)c1F. The van der Waals surface area contributed by atoms with Crippen LogP contribution in [0.3, 0.4) is 0 Å². The highest BCUT2D eigenvalue weighted by Gasteiger charge is 2.18. The van der Waals surface area contributed by atoms with Crippen molar-refractivity contribution in [1.29, 1.82) is 0 Å². The Morgan fingerprint density at radius 3 is 2.62 bits per heavy atom. The number of halogens is 2. The summed E-state index contributed by atoms with van der Waals surface area (Å²) in [5.74, 6) is -1.89. The van der Waals surface area contributed by atoms with Gasteiger partial charge in [-0.15, -0.1) is 6.42 Å². The summed E-state index contributed by atoms with van der Waals surface area (Å²) in [7, 11) is 0. The number of carboxylic acids is 1. The first-order valence-electron chi connectivity index (χ1n) is 4.41. The van der Waals surface area contributed by atoms with Crippen LogP contribution < -0.4 is 5.32 Å². The van der Waals surface area contributed by atoms with E-state index in [0.29, 0.717) is 0 Å². The summed E-state index contributed by atoms with van der Waals surface area (Å²) >= 11 is 0. The number of hydrogen-bond acceptors (Lipinski definition) is 2. The van der Waals surface area contributed by atoms with Gasteiger partial charge in [0.15, 0.2) is 11.6 Å². The van der Waals surface area contributed by atoms with Crippen LogP contribution >= 0.6 is 0 Å². The van der Waals surface area contributed by atoms with Gasteiger partial charge in [0.1, 0.15) is 0 Å². The van der Waals surface area contributed by atoms with E-state index in [1.165, 1.54) is 0 Å². The molecule has 0 fully saturated rings. The Labute approximate surface area is 91.1 Å². The van der Waals surface area contributed by atoms with Crippen LogP contribution in [0, 0.1) is 24.0 Å². The van der Waals surface area contributed by atoms with Crippen LogP contribution in [0.2, 0.25) is 0 Å². The molecule has 0 amide bonds. The number of carbonyl (C=O) groups is 1. The van der Waals surface area contributed by atoms with Gasteiger partial charge in [0.2, 0.25) is 0 Å². The van der Waals surface area contributed by atoms with Gasteiger partial charge in [0.25, 0.3) is 0 Å². The van der Waals surface area contributed by atoms with E-state index in [1.807, 2.05) is 0 Å². The highest BCUT2D eigenvalue weighted by molar-refractivity contribution is 5.88. The summed E-state index contributed by atoms with van der Waals surface area (Å²) in [5.41, 5.74) is -0.871. The molecule has 0 bridgehead atoms. The molecular formula is C11H9F2NO2. The molecule has 0 aliphatic rings. The fourth-order valence-electron chi connectivity index (χ4n) is 1.10. The van der Waals surface area contributed by atoms with Gasteiger partial charge in [-0.05, 0) is 19.1 Å². The Morgan fingerprint density at radius 2 is 2.12 bits per heavy atom. The summed E-state index contributed by atoms with van der Waals surface area (Å²) in [6.45, 7) is 1.59. The van der Waals surface area contributed by atoms with Gasteiger partial charge in [-0.2, -0.15) is 0 Å². The number of anilines is 1. The van der Waals surface area contributed by atoms with Crippen LogP contribution in [0.15, 0.2) is 12.1 Å². The average Bonchev–Trinajstić information content (AvgIpc) is 2.24. The molecule has 0 heterocycles. The summed E-state index contributed by atoms with van der Waals surface area (Å²) < 4.78 is 26.6. The van der Waals surface area contributed by atoms with Crippen LogP contribution in [0.4, 0.5) is 14.5 Å². The molecule has 84 valence electrons. The van der Waals surface area contributed by atoms with E-state index in [4.69, 9.17) is 11.5 Å². The van der Waals surface area contributed by atoms with Crippen molar-refractivity contribution >= 4 is 11.7 Å². The highest BCUT2D eigenvalue weighted by atomic mass is 19.2. The van der Waals surface area contributed by atoms with E-state index >= 15 is 0 Å². The van der Waals surface area contributed by atoms with Gasteiger partial charge in [-0.1, -0.05) is 5.92 Å². The number of hydrogen-bond donors (Lipinski definition) is 2. The fourth-order valence-corrected chi connectivity index (χ4v) is 1.10. The lowest BCUT2D eigenvalue weighted by molar-refractivity contribution is 0.0690. The van der Waals surface area contributed by atoms with Gasteiger partial charge < -0.3 is 10.4 Å². The first-order chi connectivity index (χ1) is 7.47. The maximum absolute atomic E-state index is 13.3. The van der Waals surface area contributed by atoms with Crippen molar-refractivity contribution in [2.24, 2.45) is 0 Å². The zero-order valence-corrected chi connectivity index (χ0v) is 8.42. The smallest absolute Gasteiger partial charge is 0.338 e. The Balaban J connectivity index is 3.13. The quantitative estimate of drug-likeness (QED) is 0.774. The number of rotatable bonds is 3. The summed E-state index contributed by atoms with van der Waals surface area (Å²) in [4.78, 5) is 10.5. The predicted molar refractivity (Wildman–Crippen MR) is 55.2 cm³/mol. The molecule has 0 radical (unpaired) electrons. The first-order valence-corrected chi connectivity index (χ1v) is 4.41. The minimum absolute atomic E-state index is 0.159. The van der Waals surface area contributed by atoms with Crippen LogP contribution in [-0.4, -0.2) is 17.1 Å². The monoisotopic (exact) mass is 225 g/mol. The zero-order valence-electron chi connectivity index (χ0n) is 8.42. The first kappa shape index (κ1) is 12.0. The molecule has 0 saturated heterocycles. The molecule has 1 unspecified atom stereocenters. The number of aromatic carboxylic acids is 1. The molecule has 5 heteroatoms. The summed E-state index contributed by atoms with van der Waals surface area (Å²) in [6.07, 6.45) is 5.06. The minimum atomic E-state index is -1.52. The van der Waals surface area contributed by atoms with E-state index in [-0.39, 0.29) is 5.69 Å². The summed E-state index contributed by atoms with van der Waals surface area (Å²) in [6, 6.07) is 1.63. The molecule has 3 nitrogen and oxygen atoms in total. The van der Waals surface area contributed by atoms with Gasteiger partial charge in [-0.25, -0.2) is 13.6 Å². The van der Waals surface area contributed by atoms with Crippen LogP contribution in [0.5, 0.6) is 0 Å². The number of terminal acetylenes is 1. The van der Waals surface area contributed by atoms with Crippen molar-refractivity contribution in [3.8, 4) is 12.3 Å². The molecule has 1 aromatic rings. The van der Waals surface area contributed by atoms with E-state index in [9.17, 15) is 13.6 Å². The van der Waals surface area contributed by atoms with Gasteiger partial charge >= 0.3 is 5.97 Å². The number of carboxylic acid groups (broad SMARTS) is 1.